The molecule has 6 heteroatoms. The van der Waals surface area contributed by atoms with E-state index in [1.54, 1.807) is 12.2 Å². The highest BCUT2D eigenvalue weighted by molar-refractivity contribution is 7.99. The van der Waals surface area contributed by atoms with Gasteiger partial charge in [0.15, 0.2) is 0 Å². The Hall–Kier alpha value is -1.32. The maximum atomic E-state index is 10.7. The fourth-order valence-electron chi connectivity index (χ4n) is 1.94. The van der Waals surface area contributed by atoms with Gasteiger partial charge in [0.05, 0.1) is 11.4 Å². The van der Waals surface area contributed by atoms with Crippen molar-refractivity contribution < 1.29 is 9.59 Å². The quantitative estimate of drug-likeness (QED) is 0.438. The number of rotatable bonds is 6. The average Bonchev–Trinajstić information content (AvgIpc) is 2.47. The molecule has 4 nitrogen and oxygen atoms in total. The summed E-state index contributed by atoms with van der Waals surface area (Å²) in [6, 6.07) is 1.90. The summed E-state index contributed by atoms with van der Waals surface area (Å²) in [5, 5.41) is 0. The highest BCUT2D eigenvalue weighted by Crippen LogP contribution is 2.47. The number of thioether (sulfide) groups is 2. The third-order valence-corrected chi connectivity index (χ3v) is 4.60. The topological polar surface area (TPSA) is 58.9 Å². The lowest BCUT2D eigenvalue weighted by Gasteiger charge is -2.18. The van der Waals surface area contributed by atoms with E-state index in [0.29, 0.717) is 11.4 Å². The smallest absolute Gasteiger partial charge is 0.211 e. The van der Waals surface area contributed by atoms with Crippen LogP contribution in [0.2, 0.25) is 0 Å². The first kappa shape index (κ1) is 16.7. The van der Waals surface area contributed by atoms with Crippen LogP contribution in [0.25, 0.3) is 0 Å². The molecular weight excluding hydrogens is 292 g/mol. The second kappa shape index (κ2) is 8.08. The van der Waals surface area contributed by atoms with Crippen LogP contribution in [0, 0.1) is 0 Å². The summed E-state index contributed by atoms with van der Waals surface area (Å²) in [6.07, 6.45) is 7.90. The summed E-state index contributed by atoms with van der Waals surface area (Å²) < 4.78 is 0. The molecule has 0 radical (unpaired) electrons. The SMILES string of the molecule is CCC(C)c1c(N=C=O)c(SC)cc(SC)c1N=C=O. The summed E-state index contributed by atoms with van der Waals surface area (Å²) in [6.45, 7) is 4.06. The number of hydrogen-bond donors (Lipinski definition) is 0. The van der Waals surface area contributed by atoms with Gasteiger partial charge >= 0.3 is 0 Å². The monoisotopic (exact) mass is 308 g/mol. The van der Waals surface area contributed by atoms with Crippen molar-refractivity contribution in [2.75, 3.05) is 12.5 Å². The molecule has 1 rings (SSSR count). The Bertz CT molecular complexity index is 545. The van der Waals surface area contributed by atoms with Gasteiger partial charge in [0.25, 0.3) is 0 Å². The van der Waals surface area contributed by atoms with Crippen molar-refractivity contribution in [3.8, 4) is 0 Å². The van der Waals surface area contributed by atoms with Crippen LogP contribution in [-0.2, 0) is 9.59 Å². The largest absolute Gasteiger partial charge is 0.240 e. The van der Waals surface area contributed by atoms with Crippen LogP contribution in [0.3, 0.4) is 0 Å². The van der Waals surface area contributed by atoms with Gasteiger partial charge in [-0.3, -0.25) is 0 Å². The summed E-state index contributed by atoms with van der Waals surface area (Å²) in [5.74, 6) is 0.132. The lowest BCUT2D eigenvalue weighted by molar-refractivity contribution is 0.564. The van der Waals surface area contributed by atoms with Crippen LogP contribution >= 0.6 is 23.5 Å². The van der Waals surface area contributed by atoms with E-state index in [1.165, 1.54) is 23.5 Å². The Balaban J connectivity index is 3.83. The van der Waals surface area contributed by atoms with Gasteiger partial charge in [-0.1, -0.05) is 13.8 Å². The van der Waals surface area contributed by atoms with Crippen LogP contribution < -0.4 is 0 Å². The molecule has 0 saturated carbocycles. The standard InChI is InChI=1S/C14H16N2O2S2/c1-5-9(2)12-13(15-7-17)10(19-3)6-11(20-4)14(12)16-8-18/h6,9H,5H2,1-4H3. The van der Waals surface area contributed by atoms with Crippen LogP contribution in [0.1, 0.15) is 31.7 Å². The molecule has 1 atom stereocenters. The Morgan fingerprint density at radius 3 is 1.85 bits per heavy atom. The zero-order valence-corrected chi connectivity index (χ0v) is 13.5. The summed E-state index contributed by atoms with van der Waals surface area (Å²) in [7, 11) is 0. The van der Waals surface area contributed by atoms with Gasteiger partial charge in [-0.2, -0.15) is 9.98 Å². The molecule has 0 aliphatic carbocycles. The second-order valence-corrected chi connectivity index (χ2v) is 5.80. The van der Waals surface area contributed by atoms with Crippen molar-refractivity contribution in [1.82, 2.24) is 0 Å². The van der Waals surface area contributed by atoms with E-state index in [-0.39, 0.29) is 5.92 Å². The summed E-state index contributed by atoms with van der Waals surface area (Å²) in [5.41, 5.74) is 1.94. The Morgan fingerprint density at radius 2 is 1.55 bits per heavy atom. The first-order valence-electron chi connectivity index (χ1n) is 6.09. The van der Waals surface area contributed by atoms with E-state index in [1.807, 2.05) is 32.4 Å². The Kier molecular flexibility index (Phi) is 6.76. The predicted molar refractivity (Wildman–Crippen MR) is 84.3 cm³/mol. The van der Waals surface area contributed by atoms with Crippen molar-refractivity contribution in [3.63, 3.8) is 0 Å². The lowest BCUT2D eigenvalue weighted by Crippen LogP contribution is -1.96. The van der Waals surface area contributed by atoms with Gasteiger partial charge in [0, 0.05) is 15.4 Å². The molecule has 0 N–H and O–H groups in total. The molecular formula is C14H16N2O2S2. The molecule has 0 spiro atoms. The van der Waals surface area contributed by atoms with Crippen molar-refractivity contribution in [2.24, 2.45) is 9.98 Å². The molecule has 106 valence electrons. The fraction of sp³-hybridized carbons (Fsp3) is 0.429. The van der Waals surface area contributed by atoms with Crippen molar-refractivity contribution in [2.45, 2.75) is 36.0 Å². The maximum absolute atomic E-state index is 10.7. The van der Waals surface area contributed by atoms with E-state index in [9.17, 15) is 9.59 Å². The summed E-state index contributed by atoms with van der Waals surface area (Å²) in [4.78, 5) is 30.9. The molecule has 0 aromatic heterocycles. The predicted octanol–water partition coefficient (Wildman–Crippen LogP) is 4.58. The van der Waals surface area contributed by atoms with E-state index >= 15 is 0 Å². The zero-order chi connectivity index (χ0) is 15.1. The van der Waals surface area contributed by atoms with E-state index in [4.69, 9.17) is 0 Å². The third kappa shape index (κ3) is 3.41. The van der Waals surface area contributed by atoms with Gasteiger partial charge in [-0.15, -0.1) is 23.5 Å². The molecule has 1 aromatic carbocycles. The van der Waals surface area contributed by atoms with Gasteiger partial charge in [-0.05, 0) is 30.9 Å². The van der Waals surface area contributed by atoms with Gasteiger partial charge in [-0.25, -0.2) is 9.59 Å². The molecule has 0 saturated heterocycles. The number of isocyanates is 2. The highest BCUT2D eigenvalue weighted by atomic mass is 32.2. The minimum Gasteiger partial charge on any atom is -0.211 e. The molecule has 0 amide bonds. The van der Waals surface area contributed by atoms with Gasteiger partial charge < -0.3 is 0 Å². The normalized spacial score (nSPS) is 11.4. The molecule has 0 aliphatic rings. The van der Waals surface area contributed by atoms with E-state index in [0.717, 1.165) is 21.8 Å². The number of carbonyl (C=O) groups excluding carboxylic acids is 2. The van der Waals surface area contributed by atoms with Crippen LogP contribution in [-0.4, -0.2) is 24.7 Å². The first-order valence-corrected chi connectivity index (χ1v) is 8.54. The first-order chi connectivity index (χ1) is 9.64. The Labute approximate surface area is 127 Å². The lowest BCUT2D eigenvalue weighted by atomic mass is 9.95. The van der Waals surface area contributed by atoms with Crippen molar-refractivity contribution in [3.05, 3.63) is 11.6 Å². The maximum Gasteiger partial charge on any atom is 0.240 e. The number of hydrogen-bond acceptors (Lipinski definition) is 6. The minimum atomic E-state index is 0.132. The third-order valence-electron chi connectivity index (χ3n) is 3.10. The Morgan fingerprint density at radius 1 is 1.10 bits per heavy atom. The average molecular weight is 308 g/mol. The van der Waals surface area contributed by atoms with Crippen LogP contribution in [0.15, 0.2) is 25.8 Å². The van der Waals surface area contributed by atoms with Gasteiger partial charge in [0.2, 0.25) is 12.2 Å². The molecule has 0 aliphatic heterocycles. The minimum absolute atomic E-state index is 0.132. The fourth-order valence-corrected chi connectivity index (χ4v) is 3.18. The summed E-state index contributed by atoms with van der Waals surface area (Å²) >= 11 is 3.02. The van der Waals surface area contributed by atoms with Crippen molar-refractivity contribution in [1.29, 1.82) is 0 Å². The number of benzene rings is 1. The van der Waals surface area contributed by atoms with Crippen molar-refractivity contribution >= 4 is 47.1 Å². The highest BCUT2D eigenvalue weighted by Gasteiger charge is 2.21. The number of nitrogens with zero attached hydrogens (tertiary/aromatic N) is 2. The zero-order valence-electron chi connectivity index (χ0n) is 11.9. The van der Waals surface area contributed by atoms with Gasteiger partial charge in [0.1, 0.15) is 0 Å². The van der Waals surface area contributed by atoms with Crippen LogP contribution in [0.4, 0.5) is 11.4 Å². The van der Waals surface area contributed by atoms with Crippen LogP contribution in [0.5, 0.6) is 0 Å². The molecule has 1 aromatic rings. The molecule has 1 unspecified atom stereocenters. The molecule has 0 fully saturated rings. The molecule has 0 heterocycles. The van der Waals surface area contributed by atoms with E-state index in [2.05, 4.69) is 9.98 Å². The van der Waals surface area contributed by atoms with E-state index < -0.39 is 0 Å². The number of aliphatic imine (C=N–C) groups is 2. The molecule has 0 bridgehead atoms. The molecule has 20 heavy (non-hydrogen) atoms. The second-order valence-electron chi connectivity index (χ2n) is 4.11.